The van der Waals surface area contributed by atoms with Crippen molar-refractivity contribution in [1.29, 1.82) is 0 Å². The molecule has 28 heavy (non-hydrogen) atoms. The quantitative estimate of drug-likeness (QED) is 0.381. The van der Waals surface area contributed by atoms with Crippen LogP contribution in [0.2, 0.25) is 0 Å². The van der Waals surface area contributed by atoms with Gasteiger partial charge in [-0.3, -0.25) is 4.79 Å². The highest BCUT2D eigenvalue weighted by Gasteiger charge is 2.21. The lowest BCUT2D eigenvalue weighted by Crippen LogP contribution is -2.23. The lowest BCUT2D eigenvalue weighted by atomic mass is 10.1. The zero-order chi connectivity index (χ0) is 20.1. The van der Waals surface area contributed by atoms with Crippen LogP contribution in [0, 0.1) is 0 Å². The van der Waals surface area contributed by atoms with Gasteiger partial charge in [0.1, 0.15) is 0 Å². The molecule has 144 valence electrons. The van der Waals surface area contributed by atoms with Crippen molar-refractivity contribution in [3.8, 4) is 11.5 Å². The molecule has 0 unspecified atom stereocenters. The summed E-state index contributed by atoms with van der Waals surface area (Å²) in [5.41, 5.74) is 2.10. The fourth-order valence-corrected chi connectivity index (χ4v) is 2.88. The molecule has 0 radical (unpaired) electrons. The van der Waals surface area contributed by atoms with Gasteiger partial charge >= 0.3 is 5.97 Å². The van der Waals surface area contributed by atoms with E-state index in [1.807, 2.05) is 24.3 Å². The van der Waals surface area contributed by atoms with Crippen molar-refractivity contribution in [2.45, 2.75) is 13.0 Å². The van der Waals surface area contributed by atoms with Crippen LogP contribution in [0.25, 0.3) is 17.0 Å². The van der Waals surface area contributed by atoms with Crippen LogP contribution in [0.3, 0.4) is 0 Å². The number of aromatic amines is 1. The van der Waals surface area contributed by atoms with E-state index in [-0.39, 0.29) is 5.78 Å². The van der Waals surface area contributed by atoms with Crippen molar-refractivity contribution >= 4 is 28.7 Å². The number of ether oxygens (including phenoxy) is 3. The van der Waals surface area contributed by atoms with Crippen molar-refractivity contribution in [1.82, 2.24) is 4.98 Å². The van der Waals surface area contributed by atoms with E-state index >= 15 is 0 Å². The van der Waals surface area contributed by atoms with Crippen LogP contribution in [0.4, 0.5) is 0 Å². The number of aromatic nitrogens is 1. The maximum Gasteiger partial charge on any atom is 0.331 e. The molecule has 0 saturated carbocycles. The van der Waals surface area contributed by atoms with Crippen LogP contribution in [-0.2, 0) is 9.53 Å². The number of benzene rings is 2. The lowest BCUT2D eigenvalue weighted by Gasteiger charge is -2.10. The number of nitrogens with one attached hydrogen (secondary N) is 1. The average molecular weight is 379 g/mol. The van der Waals surface area contributed by atoms with Gasteiger partial charge in [-0.1, -0.05) is 24.3 Å². The predicted molar refractivity (Wildman–Crippen MR) is 107 cm³/mol. The third-order valence-corrected chi connectivity index (χ3v) is 4.34. The van der Waals surface area contributed by atoms with Crippen molar-refractivity contribution in [3.63, 3.8) is 0 Å². The number of ketones is 1. The molecule has 3 rings (SSSR count). The van der Waals surface area contributed by atoms with E-state index in [4.69, 9.17) is 14.2 Å². The molecular formula is C22H21NO5. The number of hydrogen-bond donors (Lipinski definition) is 1. The Hall–Kier alpha value is -3.54. The van der Waals surface area contributed by atoms with E-state index in [0.717, 1.165) is 16.5 Å². The summed E-state index contributed by atoms with van der Waals surface area (Å²) in [7, 11) is 3.09. The Kier molecular flexibility index (Phi) is 5.79. The van der Waals surface area contributed by atoms with Gasteiger partial charge in [-0.25, -0.2) is 4.79 Å². The molecule has 2 aromatic carbocycles. The highest BCUT2D eigenvalue weighted by atomic mass is 16.5. The number of methoxy groups -OCH3 is 2. The van der Waals surface area contributed by atoms with E-state index in [1.165, 1.54) is 13.2 Å². The van der Waals surface area contributed by atoms with Crippen LogP contribution in [-0.4, -0.2) is 37.1 Å². The number of rotatable bonds is 7. The van der Waals surface area contributed by atoms with E-state index in [0.29, 0.717) is 17.1 Å². The number of H-pyrrole nitrogens is 1. The fourth-order valence-electron chi connectivity index (χ4n) is 2.88. The molecule has 3 aromatic rings. The highest BCUT2D eigenvalue weighted by Crippen LogP contribution is 2.28. The maximum atomic E-state index is 12.6. The second-order valence-corrected chi connectivity index (χ2v) is 6.14. The third kappa shape index (κ3) is 4.06. The van der Waals surface area contributed by atoms with Crippen LogP contribution >= 0.6 is 0 Å². The summed E-state index contributed by atoms with van der Waals surface area (Å²) in [6, 6.07) is 12.7. The number of Topliss-reactive ketones (excluding diaryl/α,β-unsaturated/α-hetero) is 1. The van der Waals surface area contributed by atoms with Crippen molar-refractivity contribution in [2.24, 2.45) is 0 Å². The second kappa shape index (κ2) is 8.43. The van der Waals surface area contributed by atoms with E-state index in [9.17, 15) is 9.59 Å². The Labute approximate surface area is 162 Å². The van der Waals surface area contributed by atoms with Crippen LogP contribution in [0.1, 0.15) is 22.8 Å². The van der Waals surface area contributed by atoms with Crippen molar-refractivity contribution < 1.29 is 23.8 Å². The first-order valence-electron chi connectivity index (χ1n) is 8.74. The molecule has 0 fully saturated rings. The molecule has 0 amide bonds. The Morgan fingerprint density at radius 2 is 1.79 bits per heavy atom. The normalized spacial score (nSPS) is 12.1. The lowest BCUT2D eigenvalue weighted by molar-refractivity contribution is -0.140. The smallest absolute Gasteiger partial charge is 0.331 e. The van der Waals surface area contributed by atoms with Gasteiger partial charge in [0.15, 0.2) is 17.6 Å². The predicted octanol–water partition coefficient (Wildman–Crippen LogP) is 4.01. The summed E-state index contributed by atoms with van der Waals surface area (Å²) in [4.78, 5) is 27.8. The van der Waals surface area contributed by atoms with Crippen LogP contribution in [0.15, 0.2) is 54.7 Å². The molecule has 0 aliphatic heterocycles. The molecule has 0 bridgehead atoms. The van der Waals surface area contributed by atoms with Gasteiger partial charge in [-0.2, -0.15) is 0 Å². The first-order chi connectivity index (χ1) is 13.5. The molecule has 0 saturated heterocycles. The van der Waals surface area contributed by atoms with Gasteiger partial charge in [-0.05, 0) is 36.8 Å². The highest BCUT2D eigenvalue weighted by molar-refractivity contribution is 6.10. The largest absolute Gasteiger partial charge is 0.493 e. The number of carbonyl (C=O) groups is 2. The summed E-state index contributed by atoms with van der Waals surface area (Å²) in [6.07, 6.45) is 3.60. The molecule has 1 aromatic heterocycles. The molecule has 0 aliphatic rings. The van der Waals surface area contributed by atoms with Gasteiger partial charge < -0.3 is 19.2 Å². The Morgan fingerprint density at radius 1 is 1.04 bits per heavy atom. The molecule has 1 heterocycles. The van der Waals surface area contributed by atoms with E-state index in [1.54, 1.807) is 44.5 Å². The summed E-state index contributed by atoms with van der Waals surface area (Å²) >= 11 is 0. The molecular weight excluding hydrogens is 358 g/mol. The van der Waals surface area contributed by atoms with Crippen molar-refractivity contribution in [3.05, 3.63) is 65.9 Å². The van der Waals surface area contributed by atoms with Crippen molar-refractivity contribution in [2.75, 3.05) is 14.2 Å². The minimum Gasteiger partial charge on any atom is -0.493 e. The van der Waals surface area contributed by atoms with Crippen LogP contribution in [0.5, 0.6) is 11.5 Å². The number of fused-ring (bicyclic) bond motifs is 1. The summed E-state index contributed by atoms with van der Waals surface area (Å²) in [6.45, 7) is 1.56. The minimum absolute atomic E-state index is 0.259. The van der Waals surface area contributed by atoms with Gasteiger partial charge in [-0.15, -0.1) is 0 Å². The van der Waals surface area contributed by atoms with Gasteiger partial charge in [0.2, 0.25) is 5.78 Å². The zero-order valence-electron chi connectivity index (χ0n) is 15.9. The van der Waals surface area contributed by atoms with Gasteiger partial charge in [0, 0.05) is 28.7 Å². The fraction of sp³-hybridized carbons (Fsp3) is 0.182. The first kappa shape index (κ1) is 19.2. The Bertz CT molecular complexity index is 1030. The zero-order valence-corrected chi connectivity index (χ0v) is 15.9. The number of carbonyl (C=O) groups excluding carboxylic acids is 2. The molecule has 6 heteroatoms. The summed E-state index contributed by atoms with van der Waals surface area (Å²) < 4.78 is 15.7. The number of esters is 1. The Balaban J connectivity index is 1.67. The molecule has 1 N–H and O–H groups in total. The monoisotopic (exact) mass is 379 g/mol. The standard InChI is InChI=1S/C22H21NO5/c1-14(22(25)17-13-23-18-7-5-4-6-16(17)18)28-21(24)11-9-15-8-10-19(26-2)20(12-15)27-3/h4-14,23H,1-3H3/b11-9+/t14-/m0/s1. The summed E-state index contributed by atoms with van der Waals surface area (Å²) in [5.74, 6) is 0.293. The number of para-hydroxylation sites is 1. The topological polar surface area (TPSA) is 77.6 Å². The third-order valence-electron chi connectivity index (χ3n) is 4.34. The average Bonchev–Trinajstić information content (AvgIpc) is 3.15. The van der Waals surface area contributed by atoms with Gasteiger partial charge in [0.25, 0.3) is 0 Å². The van der Waals surface area contributed by atoms with Gasteiger partial charge in [0.05, 0.1) is 14.2 Å². The first-order valence-corrected chi connectivity index (χ1v) is 8.74. The second-order valence-electron chi connectivity index (χ2n) is 6.14. The molecule has 6 nitrogen and oxygen atoms in total. The van der Waals surface area contributed by atoms with E-state index in [2.05, 4.69) is 4.98 Å². The molecule has 0 aliphatic carbocycles. The number of hydrogen-bond acceptors (Lipinski definition) is 5. The van der Waals surface area contributed by atoms with Crippen LogP contribution < -0.4 is 9.47 Å². The summed E-state index contributed by atoms with van der Waals surface area (Å²) in [5, 5.41) is 0.802. The molecule has 0 spiro atoms. The SMILES string of the molecule is COc1ccc(/C=C/C(=O)O[C@@H](C)C(=O)c2c[nH]c3ccccc23)cc1OC. The maximum absolute atomic E-state index is 12.6. The molecule has 1 atom stereocenters. The minimum atomic E-state index is -0.901. The van der Waals surface area contributed by atoms with E-state index < -0.39 is 12.1 Å². The Morgan fingerprint density at radius 3 is 2.54 bits per heavy atom.